The van der Waals surface area contributed by atoms with Crippen LogP contribution in [0.4, 0.5) is 19.0 Å². The van der Waals surface area contributed by atoms with E-state index in [1.54, 1.807) is 0 Å². The minimum absolute atomic E-state index is 0.0718. The van der Waals surface area contributed by atoms with E-state index in [9.17, 15) is 19.4 Å². The number of aromatic hydroxyl groups is 1. The van der Waals surface area contributed by atoms with Crippen molar-refractivity contribution >= 4 is 33.4 Å². The molecule has 49 heavy (non-hydrogen) atoms. The van der Waals surface area contributed by atoms with Gasteiger partial charge in [0.1, 0.15) is 41.4 Å². The van der Waals surface area contributed by atoms with Crippen LogP contribution in [-0.4, -0.2) is 92.6 Å². The van der Waals surface area contributed by atoms with Crippen molar-refractivity contribution in [3.8, 4) is 23.0 Å². The van der Waals surface area contributed by atoms with Crippen LogP contribution in [0.2, 0.25) is 0 Å². The molecule has 7 heterocycles. The van der Waals surface area contributed by atoms with Crippen LogP contribution < -0.4 is 15.0 Å². The number of phenols is 1. The van der Waals surface area contributed by atoms with Crippen molar-refractivity contribution in [2.75, 3.05) is 44.2 Å². The Hall–Kier alpha value is -4.23. The number of amides is 1. The molecule has 2 aromatic carbocycles. The standard InChI is InChI=1S/C36H39F3N6O4/c37-22-16-35(8-2-13-45(35)18-22)20-49-34-42-32-26-17-41-31(30(32)39)25-15-23(46)14-21-6-7-27(38)24(29(21)25)4-1-5-28(47)40-11-10-36(48)9-3-12-44(19-36)33(26)43-34/h6-7,14-15,17,22,46,48H,1-5,8-13,16,18-20H2,(H,40,47)/t22-,35+,36?/m1/s1. The molecule has 0 radical (unpaired) electrons. The molecule has 1 unspecified atom stereocenters. The highest BCUT2D eigenvalue weighted by molar-refractivity contribution is 6.01. The maximum atomic E-state index is 17.0. The van der Waals surface area contributed by atoms with Gasteiger partial charge < -0.3 is 25.2 Å². The summed E-state index contributed by atoms with van der Waals surface area (Å²) in [4.78, 5) is 30.6. The number of ether oxygens (including phenoxy) is 1. The van der Waals surface area contributed by atoms with Crippen LogP contribution in [0, 0.1) is 11.6 Å². The van der Waals surface area contributed by atoms with Crippen LogP contribution in [0.25, 0.3) is 32.9 Å². The van der Waals surface area contributed by atoms with Crippen molar-refractivity contribution in [1.82, 2.24) is 25.2 Å². The molecule has 2 aromatic heterocycles. The van der Waals surface area contributed by atoms with E-state index in [0.29, 0.717) is 67.2 Å². The number of fused-ring (bicyclic) bond motifs is 8. The molecule has 0 aliphatic carbocycles. The number of rotatable bonds is 3. The molecule has 4 aromatic rings. The second-order valence-corrected chi connectivity index (χ2v) is 14.2. The lowest BCUT2D eigenvalue weighted by atomic mass is 9.89. The zero-order valence-corrected chi connectivity index (χ0v) is 27.2. The first-order valence-electron chi connectivity index (χ1n) is 17.2. The molecule has 10 nitrogen and oxygen atoms in total. The van der Waals surface area contributed by atoms with Gasteiger partial charge in [-0.1, -0.05) is 6.07 Å². The van der Waals surface area contributed by atoms with Crippen molar-refractivity contribution in [3.05, 3.63) is 47.7 Å². The average Bonchev–Trinajstić information content (AvgIpc) is 3.59. The maximum absolute atomic E-state index is 17.0. The highest BCUT2D eigenvalue weighted by Crippen LogP contribution is 2.42. The Morgan fingerprint density at radius 2 is 1.92 bits per heavy atom. The Bertz CT molecular complexity index is 1960. The molecule has 9 rings (SSSR count). The van der Waals surface area contributed by atoms with Crippen molar-refractivity contribution < 1.29 is 32.9 Å². The Labute approximate surface area is 281 Å². The fourth-order valence-electron chi connectivity index (χ4n) is 8.54. The van der Waals surface area contributed by atoms with E-state index >= 15 is 8.78 Å². The number of hydrogen-bond donors (Lipinski definition) is 3. The predicted octanol–water partition coefficient (Wildman–Crippen LogP) is 4.96. The highest BCUT2D eigenvalue weighted by atomic mass is 19.1. The number of piperidine rings is 1. The number of anilines is 1. The average molecular weight is 677 g/mol. The molecule has 3 atom stereocenters. The summed E-state index contributed by atoms with van der Waals surface area (Å²) in [7, 11) is 0. The van der Waals surface area contributed by atoms with Gasteiger partial charge in [-0.05, 0) is 86.0 Å². The Kier molecular flexibility index (Phi) is 8.02. The Morgan fingerprint density at radius 1 is 1.06 bits per heavy atom. The van der Waals surface area contributed by atoms with Crippen LogP contribution in [0.3, 0.4) is 0 Å². The van der Waals surface area contributed by atoms with Gasteiger partial charge in [0, 0.05) is 50.8 Å². The molecule has 3 N–H and O–H groups in total. The van der Waals surface area contributed by atoms with E-state index in [1.807, 2.05) is 4.90 Å². The number of carbonyl (C=O) groups excluding carboxylic acids is 1. The van der Waals surface area contributed by atoms with Gasteiger partial charge >= 0.3 is 6.01 Å². The first-order chi connectivity index (χ1) is 23.6. The lowest BCUT2D eigenvalue weighted by molar-refractivity contribution is -0.121. The van der Waals surface area contributed by atoms with Crippen molar-refractivity contribution in [3.63, 3.8) is 0 Å². The smallest absolute Gasteiger partial charge is 0.319 e. The van der Waals surface area contributed by atoms with Crippen molar-refractivity contribution in [1.29, 1.82) is 0 Å². The number of aryl methyl sites for hydroxylation is 1. The van der Waals surface area contributed by atoms with Crippen molar-refractivity contribution in [2.24, 2.45) is 0 Å². The molecule has 3 saturated heterocycles. The summed E-state index contributed by atoms with van der Waals surface area (Å²) in [6.07, 6.45) is 4.64. The number of aliphatic hydroxyl groups is 1. The predicted molar refractivity (Wildman–Crippen MR) is 177 cm³/mol. The van der Waals surface area contributed by atoms with Gasteiger partial charge in [0.05, 0.1) is 16.5 Å². The van der Waals surface area contributed by atoms with Crippen LogP contribution in [0.15, 0.2) is 30.5 Å². The second-order valence-electron chi connectivity index (χ2n) is 14.2. The van der Waals surface area contributed by atoms with Gasteiger partial charge in [-0.3, -0.25) is 14.7 Å². The summed E-state index contributed by atoms with van der Waals surface area (Å²) in [6.45, 7) is 2.22. The second kappa shape index (κ2) is 12.3. The van der Waals surface area contributed by atoms with Crippen LogP contribution >= 0.6 is 0 Å². The van der Waals surface area contributed by atoms with E-state index in [-0.39, 0.29) is 72.5 Å². The number of alkyl halides is 1. The van der Waals surface area contributed by atoms with Crippen molar-refractivity contribution in [2.45, 2.75) is 75.1 Å². The summed E-state index contributed by atoms with van der Waals surface area (Å²) in [5.74, 6) is -1.33. The number of carbonyl (C=O) groups is 1. The third-order valence-electron chi connectivity index (χ3n) is 10.9. The minimum Gasteiger partial charge on any atom is -0.508 e. The van der Waals surface area contributed by atoms with Gasteiger partial charge in [-0.25, -0.2) is 13.2 Å². The van der Waals surface area contributed by atoms with E-state index < -0.39 is 28.9 Å². The van der Waals surface area contributed by atoms with E-state index in [4.69, 9.17) is 9.72 Å². The molecule has 5 aliphatic heterocycles. The molecular formula is C36H39F3N6O4. The third kappa shape index (κ3) is 5.80. The number of nitrogens with zero attached hydrogens (tertiary/aromatic N) is 5. The largest absolute Gasteiger partial charge is 0.508 e. The lowest BCUT2D eigenvalue weighted by Gasteiger charge is -2.40. The maximum Gasteiger partial charge on any atom is 0.319 e. The number of nitrogens with one attached hydrogen (secondary N) is 1. The number of hydrogen-bond acceptors (Lipinski definition) is 9. The summed E-state index contributed by atoms with van der Waals surface area (Å²) in [5, 5.41) is 26.4. The monoisotopic (exact) mass is 676 g/mol. The summed E-state index contributed by atoms with van der Waals surface area (Å²) < 4.78 is 53.3. The number of phenolic OH excluding ortho intramolecular Hbond substituents is 1. The molecular weight excluding hydrogens is 637 g/mol. The lowest BCUT2D eigenvalue weighted by Crippen LogP contribution is -2.50. The van der Waals surface area contributed by atoms with Gasteiger partial charge in [0.25, 0.3) is 0 Å². The molecule has 258 valence electrons. The molecule has 6 bridgehead atoms. The van der Waals surface area contributed by atoms with E-state index in [0.717, 1.165) is 19.4 Å². The molecule has 0 spiro atoms. The van der Waals surface area contributed by atoms with E-state index in [1.165, 1.54) is 30.5 Å². The van der Waals surface area contributed by atoms with Crippen LogP contribution in [0.5, 0.6) is 11.8 Å². The Balaban J connectivity index is 1.30. The molecule has 1 amide bonds. The van der Waals surface area contributed by atoms with Gasteiger partial charge in [0.15, 0.2) is 5.82 Å². The zero-order valence-electron chi connectivity index (χ0n) is 27.2. The minimum atomic E-state index is -1.15. The van der Waals surface area contributed by atoms with Gasteiger partial charge in [-0.15, -0.1) is 0 Å². The fraction of sp³-hybridized carbons (Fsp3) is 0.500. The number of benzene rings is 2. The number of aromatic nitrogens is 3. The zero-order chi connectivity index (χ0) is 33.9. The topological polar surface area (TPSA) is 124 Å². The summed E-state index contributed by atoms with van der Waals surface area (Å²) in [5.41, 5.74) is -1.38. The fourth-order valence-corrected chi connectivity index (χ4v) is 8.54. The Morgan fingerprint density at radius 3 is 2.80 bits per heavy atom. The molecule has 13 heteroatoms. The van der Waals surface area contributed by atoms with Gasteiger partial charge in [-0.2, -0.15) is 9.97 Å². The third-order valence-corrected chi connectivity index (χ3v) is 10.9. The molecule has 3 fully saturated rings. The summed E-state index contributed by atoms with van der Waals surface area (Å²) >= 11 is 0. The number of halogens is 3. The quantitative estimate of drug-likeness (QED) is 0.276. The highest BCUT2D eigenvalue weighted by Gasteiger charge is 2.49. The summed E-state index contributed by atoms with van der Waals surface area (Å²) in [6, 6.07) is 5.59. The van der Waals surface area contributed by atoms with Crippen LogP contribution in [-0.2, 0) is 11.2 Å². The van der Waals surface area contributed by atoms with E-state index in [2.05, 4.69) is 20.2 Å². The SMILES string of the molecule is O=C1CCCc2c(F)ccc3cc(O)cc(c23)-c2ncc3c(nc(OC[C@@]45CCCN4C[C@H](F)C5)nc3c2F)N2CCCC(O)(CCN1)C2. The first-order valence-corrected chi connectivity index (χ1v) is 17.2. The number of pyridine rings is 1. The molecule has 5 aliphatic rings. The normalized spacial score (nSPS) is 26.2. The van der Waals surface area contributed by atoms with Gasteiger partial charge in [0.2, 0.25) is 5.91 Å². The van der Waals surface area contributed by atoms with Crippen LogP contribution in [0.1, 0.15) is 56.9 Å². The molecule has 0 saturated carbocycles. The first kappa shape index (κ1) is 32.0.